The van der Waals surface area contributed by atoms with Crippen molar-refractivity contribution in [3.63, 3.8) is 0 Å². The fraction of sp³-hybridized carbons (Fsp3) is 0.500. The third kappa shape index (κ3) is 3.38. The number of amides is 4. The number of hydrogen-bond donors (Lipinski definition) is 4. The van der Waals surface area contributed by atoms with E-state index in [1.54, 1.807) is 5.32 Å². The molecular formula is C4H9N3O4. The maximum Gasteiger partial charge on any atom is 0.329 e. The highest BCUT2D eigenvalue weighted by atomic mass is 16.3. The van der Waals surface area contributed by atoms with Crippen molar-refractivity contribution in [3.8, 4) is 0 Å². The molecule has 0 saturated heterocycles. The second kappa shape index (κ2) is 4.47. The van der Waals surface area contributed by atoms with E-state index < -0.39 is 25.5 Å². The molecule has 0 aromatic heterocycles. The topological polar surface area (TPSA) is 116 Å². The number of aliphatic hydroxyl groups is 2. The summed E-state index contributed by atoms with van der Waals surface area (Å²) >= 11 is 0. The minimum Gasteiger partial charge on any atom is -0.376 e. The minimum absolute atomic E-state index is 0.574. The first kappa shape index (κ1) is 9.66. The van der Waals surface area contributed by atoms with Gasteiger partial charge in [0.15, 0.2) is 0 Å². The molecular weight excluding hydrogens is 154 g/mol. The van der Waals surface area contributed by atoms with Gasteiger partial charge in [0.05, 0.1) is 0 Å². The number of imide groups is 1. The lowest BCUT2D eigenvalue weighted by Gasteiger charge is -2.15. The van der Waals surface area contributed by atoms with Crippen LogP contribution in [0.15, 0.2) is 0 Å². The molecule has 0 aromatic rings. The van der Waals surface area contributed by atoms with Gasteiger partial charge in [-0.2, -0.15) is 0 Å². The zero-order valence-corrected chi connectivity index (χ0v) is 5.65. The van der Waals surface area contributed by atoms with Crippen molar-refractivity contribution < 1.29 is 19.8 Å². The summed E-state index contributed by atoms with van der Waals surface area (Å²) in [6, 6.07) is -1.98. The molecule has 0 unspecified atom stereocenters. The fourth-order valence-corrected chi connectivity index (χ4v) is 0.358. The molecule has 7 nitrogen and oxygen atoms in total. The molecule has 0 heterocycles. The monoisotopic (exact) mass is 163 g/mol. The predicted octanol–water partition coefficient (Wildman–Crippen LogP) is -2.02. The van der Waals surface area contributed by atoms with Gasteiger partial charge in [0, 0.05) is 0 Å². The number of rotatable bonds is 2. The van der Waals surface area contributed by atoms with E-state index in [0.717, 1.165) is 0 Å². The number of hydrogen-bond acceptors (Lipinski definition) is 4. The zero-order valence-electron chi connectivity index (χ0n) is 5.65. The Morgan fingerprint density at radius 2 is 1.82 bits per heavy atom. The van der Waals surface area contributed by atoms with Crippen molar-refractivity contribution in [1.82, 2.24) is 10.2 Å². The quantitative estimate of drug-likeness (QED) is 0.351. The van der Waals surface area contributed by atoms with Gasteiger partial charge in [-0.15, -0.1) is 0 Å². The smallest absolute Gasteiger partial charge is 0.329 e. The molecule has 0 spiro atoms. The van der Waals surface area contributed by atoms with Crippen LogP contribution in [0.25, 0.3) is 0 Å². The van der Waals surface area contributed by atoms with Crippen molar-refractivity contribution in [2.24, 2.45) is 5.73 Å². The number of urea groups is 2. The molecule has 0 aliphatic carbocycles. The first-order chi connectivity index (χ1) is 5.11. The van der Waals surface area contributed by atoms with Crippen molar-refractivity contribution >= 4 is 12.1 Å². The van der Waals surface area contributed by atoms with Crippen LogP contribution in [-0.2, 0) is 0 Å². The number of nitrogens with one attached hydrogen (secondary N) is 1. The molecule has 0 rings (SSSR count). The number of nitrogens with two attached hydrogens (primary N) is 1. The van der Waals surface area contributed by atoms with Gasteiger partial charge in [0.2, 0.25) is 0 Å². The predicted molar refractivity (Wildman–Crippen MR) is 34.1 cm³/mol. The fourth-order valence-electron chi connectivity index (χ4n) is 0.358. The molecule has 5 N–H and O–H groups in total. The average Bonchev–Trinajstić information content (AvgIpc) is 1.88. The van der Waals surface area contributed by atoms with Crippen LogP contribution < -0.4 is 11.1 Å². The van der Waals surface area contributed by atoms with E-state index in [9.17, 15) is 9.59 Å². The molecule has 7 heteroatoms. The maximum atomic E-state index is 10.6. The normalized spacial score (nSPS) is 8.91. The van der Waals surface area contributed by atoms with Crippen LogP contribution in [0.3, 0.4) is 0 Å². The summed E-state index contributed by atoms with van der Waals surface area (Å²) in [5.41, 5.74) is 4.58. The van der Waals surface area contributed by atoms with E-state index >= 15 is 0 Å². The second-order valence-electron chi connectivity index (χ2n) is 1.62. The van der Waals surface area contributed by atoms with Gasteiger partial charge in [-0.05, 0) is 0 Å². The largest absolute Gasteiger partial charge is 0.376 e. The number of nitrogens with zero attached hydrogens (tertiary/aromatic N) is 1. The molecule has 0 radical (unpaired) electrons. The summed E-state index contributed by atoms with van der Waals surface area (Å²) in [6.45, 7) is -1.37. The van der Waals surface area contributed by atoms with Gasteiger partial charge in [0.25, 0.3) is 0 Å². The number of carbonyl (C=O) groups is 2. The molecule has 0 aliphatic heterocycles. The van der Waals surface area contributed by atoms with Crippen LogP contribution in [0.4, 0.5) is 9.59 Å². The van der Waals surface area contributed by atoms with Gasteiger partial charge in [-0.3, -0.25) is 10.2 Å². The van der Waals surface area contributed by atoms with Crippen molar-refractivity contribution in [1.29, 1.82) is 0 Å². The molecule has 0 aromatic carbocycles. The van der Waals surface area contributed by atoms with Crippen molar-refractivity contribution in [2.45, 2.75) is 0 Å². The summed E-state index contributed by atoms with van der Waals surface area (Å²) < 4.78 is 0. The number of carbonyl (C=O) groups excluding carboxylic acids is 2. The minimum atomic E-state index is -1.04. The highest BCUT2D eigenvalue weighted by molar-refractivity contribution is 5.92. The average molecular weight is 163 g/mol. The standard InChI is InChI=1S/C4H9N3O4/c5-3(10)6-4(11)7(1-8)2-9/h8-9H,1-2H2,(H3,5,6,10,11). The summed E-state index contributed by atoms with van der Waals surface area (Å²) in [4.78, 5) is 21.2. The Hall–Kier alpha value is -1.34. The van der Waals surface area contributed by atoms with E-state index in [1.807, 2.05) is 0 Å². The molecule has 0 aliphatic rings. The SMILES string of the molecule is NC(=O)NC(=O)N(CO)CO. The van der Waals surface area contributed by atoms with E-state index in [2.05, 4.69) is 5.73 Å². The Balaban J connectivity index is 3.89. The number of primary amides is 1. The molecule has 0 fully saturated rings. The number of aliphatic hydroxyl groups excluding tert-OH is 2. The highest BCUT2D eigenvalue weighted by Crippen LogP contribution is 1.83. The first-order valence-corrected chi connectivity index (χ1v) is 2.69. The van der Waals surface area contributed by atoms with Gasteiger partial charge >= 0.3 is 12.1 Å². The lowest BCUT2D eigenvalue weighted by molar-refractivity contribution is 0.0581. The lowest BCUT2D eigenvalue weighted by atomic mass is 10.7. The van der Waals surface area contributed by atoms with Crippen LogP contribution in [0.1, 0.15) is 0 Å². The summed E-state index contributed by atoms with van der Waals surface area (Å²) in [5.74, 6) is 0. The molecule has 64 valence electrons. The maximum absolute atomic E-state index is 10.6. The lowest BCUT2D eigenvalue weighted by Crippen LogP contribution is -2.45. The third-order valence-electron chi connectivity index (χ3n) is 0.859. The summed E-state index contributed by atoms with van der Waals surface area (Å²) in [7, 11) is 0. The van der Waals surface area contributed by atoms with Crippen LogP contribution in [-0.4, -0.2) is 40.6 Å². The Labute approximate surface area is 62.4 Å². The van der Waals surface area contributed by atoms with Gasteiger partial charge in [-0.1, -0.05) is 0 Å². The van der Waals surface area contributed by atoms with Crippen molar-refractivity contribution in [2.75, 3.05) is 13.5 Å². The van der Waals surface area contributed by atoms with Crippen LogP contribution in [0.5, 0.6) is 0 Å². The molecule has 11 heavy (non-hydrogen) atoms. The van der Waals surface area contributed by atoms with E-state index in [0.29, 0.717) is 4.90 Å². The molecule has 0 bridgehead atoms. The molecule has 0 atom stereocenters. The summed E-state index contributed by atoms with van der Waals surface area (Å²) in [5, 5.41) is 18.4. The van der Waals surface area contributed by atoms with Crippen LogP contribution >= 0.6 is 0 Å². The Bertz CT molecular complexity index is 155. The first-order valence-electron chi connectivity index (χ1n) is 2.69. The van der Waals surface area contributed by atoms with E-state index in [1.165, 1.54) is 0 Å². The summed E-state index contributed by atoms with van der Waals surface area (Å²) in [6.07, 6.45) is 0. The molecule has 0 saturated carbocycles. The Morgan fingerprint density at radius 1 is 1.36 bits per heavy atom. The Morgan fingerprint density at radius 3 is 2.09 bits per heavy atom. The van der Waals surface area contributed by atoms with Crippen LogP contribution in [0.2, 0.25) is 0 Å². The van der Waals surface area contributed by atoms with Crippen molar-refractivity contribution in [3.05, 3.63) is 0 Å². The van der Waals surface area contributed by atoms with Crippen LogP contribution in [0, 0.1) is 0 Å². The zero-order chi connectivity index (χ0) is 8.85. The molecule has 4 amide bonds. The van der Waals surface area contributed by atoms with Gasteiger partial charge in [-0.25, -0.2) is 9.59 Å². The van der Waals surface area contributed by atoms with E-state index in [-0.39, 0.29) is 0 Å². The van der Waals surface area contributed by atoms with Gasteiger partial charge < -0.3 is 15.9 Å². The third-order valence-corrected chi connectivity index (χ3v) is 0.859. The van der Waals surface area contributed by atoms with Gasteiger partial charge in [0.1, 0.15) is 13.5 Å². The van der Waals surface area contributed by atoms with E-state index in [4.69, 9.17) is 10.2 Å². The highest BCUT2D eigenvalue weighted by Gasteiger charge is 2.11. The second-order valence-corrected chi connectivity index (χ2v) is 1.62. The Kier molecular flexibility index (Phi) is 3.93.